The van der Waals surface area contributed by atoms with Crippen LogP contribution in [0.4, 0.5) is 0 Å². The van der Waals surface area contributed by atoms with Crippen LogP contribution in [0.1, 0.15) is 18.4 Å². The van der Waals surface area contributed by atoms with Crippen molar-refractivity contribution < 1.29 is 14.3 Å². The number of amides is 2. The Morgan fingerprint density at radius 1 is 1.20 bits per heavy atom. The van der Waals surface area contributed by atoms with Crippen molar-refractivity contribution in [1.82, 2.24) is 4.90 Å². The molecule has 2 rings (SSSR count). The molecule has 0 aromatic heterocycles. The van der Waals surface area contributed by atoms with E-state index in [9.17, 15) is 9.59 Å². The normalized spacial score (nSPS) is 14.7. The van der Waals surface area contributed by atoms with E-state index in [0.717, 1.165) is 5.56 Å². The number of imide groups is 1. The van der Waals surface area contributed by atoms with Crippen LogP contribution in [0.5, 0.6) is 5.75 Å². The zero-order chi connectivity index (χ0) is 14.5. The van der Waals surface area contributed by atoms with Crippen molar-refractivity contribution in [2.24, 2.45) is 5.73 Å². The highest BCUT2D eigenvalue weighted by Gasteiger charge is 2.28. The van der Waals surface area contributed by atoms with Crippen molar-refractivity contribution in [1.29, 1.82) is 0 Å². The summed E-state index contributed by atoms with van der Waals surface area (Å²) in [4.78, 5) is 24.5. The Labute approximate surface area is 122 Å². The fraction of sp³-hybridized carbons (Fsp3) is 0.357. The lowest BCUT2D eigenvalue weighted by Crippen LogP contribution is -2.33. The van der Waals surface area contributed by atoms with Crippen LogP contribution in [0.2, 0.25) is 0 Å². The summed E-state index contributed by atoms with van der Waals surface area (Å²) in [5.41, 5.74) is 6.49. The number of carbonyl (C=O) groups excluding carboxylic acids is 2. The first-order chi connectivity index (χ1) is 9.56. The lowest BCUT2D eigenvalue weighted by atomic mass is 10.1. The first-order valence-electron chi connectivity index (χ1n) is 6.39. The molecular weight excluding hydrogens is 276 g/mol. The summed E-state index contributed by atoms with van der Waals surface area (Å²) >= 11 is 4.84. The molecule has 0 radical (unpaired) electrons. The van der Waals surface area contributed by atoms with Crippen LogP contribution in [0.15, 0.2) is 24.3 Å². The molecule has 1 aliphatic heterocycles. The van der Waals surface area contributed by atoms with Gasteiger partial charge in [-0.05, 0) is 17.7 Å². The van der Waals surface area contributed by atoms with E-state index in [0.29, 0.717) is 43.2 Å². The summed E-state index contributed by atoms with van der Waals surface area (Å²) in [7, 11) is 0. The SMILES string of the molecule is NC(=S)Cc1ccc(OCCN2C(=O)CCC2=O)cc1. The maximum Gasteiger partial charge on any atom is 0.229 e. The van der Waals surface area contributed by atoms with Gasteiger partial charge < -0.3 is 10.5 Å². The van der Waals surface area contributed by atoms with Gasteiger partial charge in [-0.15, -0.1) is 0 Å². The van der Waals surface area contributed by atoms with E-state index in [1.165, 1.54) is 4.90 Å². The second kappa shape index (κ2) is 6.47. The van der Waals surface area contributed by atoms with Crippen LogP contribution in [0.3, 0.4) is 0 Å². The number of likely N-dealkylation sites (tertiary alicyclic amines) is 1. The molecule has 1 aliphatic rings. The number of hydrogen-bond donors (Lipinski definition) is 1. The molecule has 0 bridgehead atoms. The highest BCUT2D eigenvalue weighted by Crippen LogP contribution is 2.14. The Morgan fingerprint density at radius 3 is 2.35 bits per heavy atom. The lowest BCUT2D eigenvalue weighted by Gasteiger charge is -2.14. The molecule has 2 N–H and O–H groups in total. The summed E-state index contributed by atoms with van der Waals surface area (Å²) in [5.74, 6) is 0.451. The fourth-order valence-corrected chi connectivity index (χ4v) is 2.20. The van der Waals surface area contributed by atoms with E-state index >= 15 is 0 Å². The highest BCUT2D eigenvalue weighted by atomic mass is 32.1. The van der Waals surface area contributed by atoms with Gasteiger partial charge in [0, 0.05) is 19.3 Å². The fourth-order valence-electron chi connectivity index (χ4n) is 2.03. The zero-order valence-corrected chi connectivity index (χ0v) is 11.8. The molecule has 0 atom stereocenters. The first kappa shape index (κ1) is 14.5. The zero-order valence-electron chi connectivity index (χ0n) is 11.0. The molecule has 5 nitrogen and oxygen atoms in total. The summed E-state index contributed by atoms with van der Waals surface area (Å²) in [6.45, 7) is 0.596. The molecule has 1 saturated heterocycles. The van der Waals surface area contributed by atoms with Gasteiger partial charge in [0.2, 0.25) is 11.8 Å². The Morgan fingerprint density at radius 2 is 1.80 bits per heavy atom. The summed E-state index contributed by atoms with van der Waals surface area (Å²) in [6.07, 6.45) is 1.19. The maximum atomic E-state index is 11.4. The molecule has 6 heteroatoms. The van der Waals surface area contributed by atoms with E-state index in [1.807, 2.05) is 24.3 Å². The standard InChI is InChI=1S/C14H16N2O3S/c15-12(20)9-10-1-3-11(4-2-10)19-8-7-16-13(17)5-6-14(16)18/h1-4H,5-9H2,(H2,15,20). The van der Waals surface area contributed by atoms with E-state index in [-0.39, 0.29) is 11.8 Å². The number of nitrogens with zero attached hydrogens (tertiary/aromatic N) is 1. The molecule has 1 heterocycles. The third-order valence-corrected chi connectivity index (χ3v) is 3.18. The largest absolute Gasteiger partial charge is 0.492 e. The predicted octanol–water partition coefficient (Wildman–Crippen LogP) is 1.04. The molecule has 0 spiro atoms. The van der Waals surface area contributed by atoms with Crippen molar-refractivity contribution >= 4 is 29.0 Å². The number of carbonyl (C=O) groups is 2. The molecule has 1 aromatic carbocycles. The van der Waals surface area contributed by atoms with Crippen LogP contribution in [0, 0.1) is 0 Å². The molecule has 1 fully saturated rings. The molecule has 0 aliphatic carbocycles. The smallest absolute Gasteiger partial charge is 0.229 e. The number of benzene rings is 1. The minimum absolute atomic E-state index is 0.120. The van der Waals surface area contributed by atoms with E-state index in [4.69, 9.17) is 22.7 Å². The van der Waals surface area contributed by atoms with Gasteiger partial charge in [-0.2, -0.15) is 0 Å². The van der Waals surface area contributed by atoms with Gasteiger partial charge in [-0.1, -0.05) is 24.4 Å². The van der Waals surface area contributed by atoms with Crippen LogP contribution < -0.4 is 10.5 Å². The minimum Gasteiger partial charge on any atom is -0.492 e. The topological polar surface area (TPSA) is 72.6 Å². The Bertz CT molecular complexity index is 512. The van der Waals surface area contributed by atoms with Gasteiger partial charge in [0.05, 0.1) is 11.5 Å². The van der Waals surface area contributed by atoms with Crippen molar-refractivity contribution in [2.45, 2.75) is 19.3 Å². The van der Waals surface area contributed by atoms with Crippen LogP contribution >= 0.6 is 12.2 Å². The minimum atomic E-state index is -0.120. The third-order valence-electron chi connectivity index (χ3n) is 3.04. The second-order valence-electron chi connectivity index (χ2n) is 4.57. The van der Waals surface area contributed by atoms with Gasteiger partial charge in [0.15, 0.2) is 0 Å². The number of rotatable bonds is 6. The maximum absolute atomic E-state index is 11.4. The number of thiocarbonyl (C=S) groups is 1. The number of ether oxygens (including phenoxy) is 1. The van der Waals surface area contributed by atoms with Crippen molar-refractivity contribution in [3.63, 3.8) is 0 Å². The Balaban J connectivity index is 1.81. The molecule has 20 heavy (non-hydrogen) atoms. The summed E-state index contributed by atoms with van der Waals surface area (Å²) < 4.78 is 5.51. The van der Waals surface area contributed by atoms with Gasteiger partial charge in [-0.3, -0.25) is 14.5 Å². The van der Waals surface area contributed by atoms with Crippen LogP contribution in [-0.4, -0.2) is 34.9 Å². The quantitative estimate of drug-likeness (QED) is 0.626. The summed E-state index contributed by atoms with van der Waals surface area (Å²) in [5, 5.41) is 0. The summed E-state index contributed by atoms with van der Waals surface area (Å²) in [6, 6.07) is 7.42. The Kier molecular flexibility index (Phi) is 4.68. The van der Waals surface area contributed by atoms with E-state index < -0.39 is 0 Å². The first-order valence-corrected chi connectivity index (χ1v) is 6.80. The number of nitrogens with two attached hydrogens (primary N) is 1. The average Bonchev–Trinajstić information content (AvgIpc) is 2.72. The van der Waals surface area contributed by atoms with Crippen LogP contribution in [-0.2, 0) is 16.0 Å². The van der Waals surface area contributed by atoms with Crippen molar-refractivity contribution in [3.8, 4) is 5.75 Å². The average molecular weight is 292 g/mol. The molecule has 2 amide bonds. The molecule has 106 valence electrons. The molecular formula is C14H16N2O3S. The highest BCUT2D eigenvalue weighted by molar-refractivity contribution is 7.80. The van der Waals surface area contributed by atoms with Gasteiger partial charge in [0.25, 0.3) is 0 Å². The molecule has 1 aromatic rings. The van der Waals surface area contributed by atoms with Gasteiger partial charge in [-0.25, -0.2) is 0 Å². The van der Waals surface area contributed by atoms with Crippen molar-refractivity contribution in [3.05, 3.63) is 29.8 Å². The Hall–Kier alpha value is -1.95. The van der Waals surface area contributed by atoms with Crippen molar-refractivity contribution in [2.75, 3.05) is 13.2 Å². The predicted molar refractivity (Wildman–Crippen MR) is 78.4 cm³/mol. The second-order valence-corrected chi connectivity index (χ2v) is 5.10. The van der Waals surface area contributed by atoms with E-state index in [1.54, 1.807) is 0 Å². The van der Waals surface area contributed by atoms with E-state index in [2.05, 4.69) is 0 Å². The lowest BCUT2D eigenvalue weighted by molar-refractivity contribution is -0.138. The van der Waals surface area contributed by atoms with Gasteiger partial charge >= 0.3 is 0 Å². The van der Waals surface area contributed by atoms with Gasteiger partial charge in [0.1, 0.15) is 12.4 Å². The molecule has 0 unspecified atom stereocenters. The molecule has 0 saturated carbocycles. The number of hydrogen-bond acceptors (Lipinski definition) is 4. The monoisotopic (exact) mass is 292 g/mol. The van der Waals surface area contributed by atoms with Crippen LogP contribution in [0.25, 0.3) is 0 Å². The third kappa shape index (κ3) is 3.77.